The van der Waals surface area contributed by atoms with Crippen LogP contribution in [0.3, 0.4) is 0 Å². The lowest BCUT2D eigenvalue weighted by molar-refractivity contribution is -0.144. The van der Waals surface area contributed by atoms with Crippen LogP contribution in [0.15, 0.2) is 90.4 Å². The second-order valence-electron chi connectivity index (χ2n) is 7.07. The van der Waals surface area contributed by atoms with Gasteiger partial charge in [-0.15, -0.1) is 0 Å². The summed E-state index contributed by atoms with van der Waals surface area (Å²) in [6.07, 6.45) is 5.01. The third-order valence-electron chi connectivity index (χ3n) is 4.74. The maximum Gasteiger partial charge on any atom is 0.337 e. The number of carbonyl (C=O) groups excluding carboxylic acids is 1. The van der Waals surface area contributed by atoms with Gasteiger partial charge in [-0.3, -0.25) is 9.56 Å². The lowest BCUT2D eigenvalue weighted by Crippen LogP contribution is -2.19. The molecule has 0 amide bonds. The molecule has 7 heteroatoms. The van der Waals surface area contributed by atoms with Crippen molar-refractivity contribution >= 4 is 11.7 Å². The molecule has 2 aromatic heterocycles. The second kappa shape index (κ2) is 9.78. The third-order valence-corrected chi connectivity index (χ3v) is 4.74. The van der Waals surface area contributed by atoms with Gasteiger partial charge >= 0.3 is 5.97 Å². The van der Waals surface area contributed by atoms with Crippen LogP contribution in [-0.4, -0.2) is 37.8 Å². The van der Waals surface area contributed by atoms with Crippen LogP contribution in [0.2, 0.25) is 0 Å². The van der Waals surface area contributed by atoms with Crippen molar-refractivity contribution in [3.05, 3.63) is 108 Å². The molecule has 7 nitrogen and oxygen atoms in total. The van der Waals surface area contributed by atoms with Gasteiger partial charge < -0.3 is 4.74 Å². The van der Waals surface area contributed by atoms with Crippen LogP contribution in [0.5, 0.6) is 0 Å². The first kappa shape index (κ1) is 21.1. The summed E-state index contributed by atoms with van der Waals surface area (Å²) < 4.78 is 7.07. The molecule has 0 saturated carbocycles. The van der Waals surface area contributed by atoms with Crippen molar-refractivity contribution in [2.24, 2.45) is 4.99 Å². The Labute approximate surface area is 186 Å². The van der Waals surface area contributed by atoms with Gasteiger partial charge in [0, 0.05) is 29.2 Å². The molecule has 0 N–H and O–H groups in total. The highest BCUT2D eigenvalue weighted by atomic mass is 16.5. The molecule has 0 aliphatic carbocycles. The molecule has 0 aliphatic heterocycles. The van der Waals surface area contributed by atoms with E-state index in [1.807, 2.05) is 67.6 Å². The first-order valence-corrected chi connectivity index (χ1v) is 10.3. The van der Waals surface area contributed by atoms with Crippen LogP contribution < -0.4 is 0 Å². The smallest absolute Gasteiger partial charge is 0.337 e. The van der Waals surface area contributed by atoms with Gasteiger partial charge in [0.2, 0.25) is 5.95 Å². The van der Waals surface area contributed by atoms with Crippen molar-refractivity contribution in [1.82, 2.24) is 19.5 Å². The molecule has 4 rings (SSSR count). The summed E-state index contributed by atoms with van der Waals surface area (Å²) in [5.41, 5.74) is 3.65. The molecule has 0 saturated heterocycles. The predicted molar refractivity (Wildman–Crippen MR) is 122 cm³/mol. The lowest BCUT2D eigenvalue weighted by Gasteiger charge is -2.16. The van der Waals surface area contributed by atoms with E-state index in [0.29, 0.717) is 23.0 Å². The number of carbonyl (C=O) groups is 1. The maximum absolute atomic E-state index is 13.0. The number of benzene rings is 2. The fourth-order valence-corrected chi connectivity index (χ4v) is 3.31. The van der Waals surface area contributed by atoms with Crippen LogP contribution in [0.4, 0.5) is 0 Å². The molecule has 0 radical (unpaired) electrons. The molecule has 0 spiro atoms. The van der Waals surface area contributed by atoms with Crippen molar-refractivity contribution in [2.45, 2.75) is 19.9 Å². The Kier molecular flexibility index (Phi) is 6.46. The zero-order chi connectivity index (χ0) is 22.3. The van der Waals surface area contributed by atoms with E-state index < -0.39 is 12.0 Å². The van der Waals surface area contributed by atoms with E-state index in [9.17, 15) is 4.79 Å². The highest BCUT2D eigenvalue weighted by Crippen LogP contribution is 2.23. The summed E-state index contributed by atoms with van der Waals surface area (Å²) in [7, 11) is 0. The number of hydrogen-bond acceptors (Lipinski definition) is 6. The van der Waals surface area contributed by atoms with E-state index in [-0.39, 0.29) is 6.61 Å². The van der Waals surface area contributed by atoms with Crippen LogP contribution in [-0.2, 0) is 9.53 Å². The Balaban J connectivity index is 1.88. The first-order valence-electron chi connectivity index (χ1n) is 10.3. The standard InChI is InChI=1S/C25H23N5O2/c1-3-32-24(31)23(21-16-18(2)27-25(28-21)30-15-14-26-17-30)29-22(19-10-6-4-7-11-19)20-12-8-5-9-13-20/h4-17,23H,3H2,1-2H3. The molecule has 160 valence electrons. The van der Waals surface area contributed by atoms with Crippen LogP contribution >= 0.6 is 0 Å². The summed E-state index contributed by atoms with van der Waals surface area (Å²) in [5, 5.41) is 0. The Morgan fingerprint density at radius 2 is 1.69 bits per heavy atom. The van der Waals surface area contributed by atoms with Gasteiger partial charge in [0.1, 0.15) is 6.33 Å². The number of imidazole rings is 1. The summed E-state index contributed by atoms with van der Waals surface area (Å²) >= 11 is 0. The van der Waals surface area contributed by atoms with Crippen LogP contribution in [0.25, 0.3) is 5.95 Å². The van der Waals surface area contributed by atoms with Gasteiger partial charge in [-0.2, -0.15) is 0 Å². The zero-order valence-corrected chi connectivity index (χ0v) is 17.9. The number of rotatable bonds is 7. The summed E-state index contributed by atoms with van der Waals surface area (Å²) in [5.74, 6) is -0.0467. The van der Waals surface area contributed by atoms with E-state index in [1.165, 1.54) is 0 Å². The number of aryl methyl sites for hydroxylation is 1. The van der Waals surface area contributed by atoms with Gasteiger partial charge in [-0.1, -0.05) is 60.7 Å². The van der Waals surface area contributed by atoms with Gasteiger partial charge in [0.05, 0.1) is 18.0 Å². The minimum absolute atomic E-state index is 0.245. The Morgan fingerprint density at radius 1 is 1.03 bits per heavy atom. The molecule has 0 fully saturated rings. The minimum atomic E-state index is -0.950. The number of hydrogen-bond donors (Lipinski definition) is 0. The monoisotopic (exact) mass is 425 g/mol. The van der Waals surface area contributed by atoms with E-state index in [4.69, 9.17) is 9.73 Å². The van der Waals surface area contributed by atoms with Crippen molar-refractivity contribution in [1.29, 1.82) is 0 Å². The number of aliphatic imine (C=N–C) groups is 1. The fraction of sp³-hybridized carbons (Fsp3) is 0.160. The van der Waals surface area contributed by atoms with E-state index in [0.717, 1.165) is 11.1 Å². The van der Waals surface area contributed by atoms with Crippen molar-refractivity contribution in [3.63, 3.8) is 0 Å². The number of nitrogens with zero attached hydrogens (tertiary/aromatic N) is 5. The molecule has 1 atom stereocenters. The zero-order valence-electron chi connectivity index (χ0n) is 17.9. The molecule has 4 aromatic rings. The molecular weight excluding hydrogens is 402 g/mol. The van der Waals surface area contributed by atoms with Gasteiger partial charge in [0.25, 0.3) is 0 Å². The molecule has 2 aromatic carbocycles. The Hall–Kier alpha value is -4.13. The summed E-state index contributed by atoms with van der Waals surface area (Å²) in [4.78, 5) is 31.1. The van der Waals surface area contributed by atoms with Gasteiger partial charge in [0.15, 0.2) is 6.04 Å². The van der Waals surface area contributed by atoms with Crippen molar-refractivity contribution in [2.75, 3.05) is 6.61 Å². The van der Waals surface area contributed by atoms with Crippen LogP contribution in [0.1, 0.15) is 35.5 Å². The van der Waals surface area contributed by atoms with Crippen molar-refractivity contribution in [3.8, 4) is 5.95 Å². The number of aromatic nitrogens is 4. The minimum Gasteiger partial charge on any atom is -0.464 e. The van der Waals surface area contributed by atoms with Crippen molar-refractivity contribution < 1.29 is 9.53 Å². The number of esters is 1. The average molecular weight is 425 g/mol. The third kappa shape index (κ3) is 4.78. The van der Waals surface area contributed by atoms with Gasteiger partial charge in [-0.25, -0.2) is 19.7 Å². The first-order chi connectivity index (χ1) is 15.7. The van der Waals surface area contributed by atoms with E-state index in [2.05, 4.69) is 15.0 Å². The molecule has 32 heavy (non-hydrogen) atoms. The molecular formula is C25H23N5O2. The van der Waals surface area contributed by atoms with E-state index in [1.54, 1.807) is 36.3 Å². The highest BCUT2D eigenvalue weighted by molar-refractivity contribution is 6.13. The highest BCUT2D eigenvalue weighted by Gasteiger charge is 2.26. The Morgan fingerprint density at radius 3 is 2.25 bits per heavy atom. The Bertz CT molecular complexity index is 1160. The van der Waals surface area contributed by atoms with Crippen LogP contribution in [0, 0.1) is 6.92 Å². The topological polar surface area (TPSA) is 82.3 Å². The number of ether oxygens (including phenoxy) is 1. The average Bonchev–Trinajstić information content (AvgIpc) is 3.36. The largest absolute Gasteiger partial charge is 0.464 e. The predicted octanol–water partition coefficient (Wildman–Crippen LogP) is 4.11. The lowest BCUT2D eigenvalue weighted by atomic mass is 10.0. The van der Waals surface area contributed by atoms with E-state index >= 15 is 0 Å². The fourth-order valence-electron chi connectivity index (χ4n) is 3.31. The molecule has 0 bridgehead atoms. The maximum atomic E-state index is 13.0. The molecule has 2 heterocycles. The summed E-state index contributed by atoms with van der Waals surface area (Å²) in [6, 6.07) is 20.4. The summed E-state index contributed by atoms with van der Waals surface area (Å²) in [6.45, 7) is 3.87. The molecule has 1 unspecified atom stereocenters. The van der Waals surface area contributed by atoms with Gasteiger partial charge in [-0.05, 0) is 19.9 Å². The normalized spacial score (nSPS) is 11.6. The molecule has 0 aliphatic rings. The second-order valence-corrected chi connectivity index (χ2v) is 7.07. The quantitative estimate of drug-likeness (QED) is 0.329. The SMILES string of the molecule is CCOC(=O)C(N=C(c1ccccc1)c1ccccc1)c1cc(C)nc(-n2ccnc2)n1.